The van der Waals surface area contributed by atoms with Gasteiger partial charge in [0.25, 0.3) is 0 Å². The van der Waals surface area contributed by atoms with Crippen molar-refractivity contribution in [3.05, 3.63) is 0 Å². The van der Waals surface area contributed by atoms with E-state index in [1.807, 2.05) is 0 Å². The van der Waals surface area contributed by atoms with Crippen molar-refractivity contribution in [1.29, 1.82) is 0 Å². The maximum atomic E-state index is 5.15. The minimum absolute atomic E-state index is 0.546. The Kier molecular flexibility index (Phi) is 12.9. The predicted octanol–water partition coefficient (Wildman–Crippen LogP) is 3.75. The van der Waals surface area contributed by atoms with Crippen molar-refractivity contribution in [3.63, 3.8) is 0 Å². The van der Waals surface area contributed by atoms with Gasteiger partial charge in [-0.25, -0.2) is 0 Å². The fourth-order valence-electron chi connectivity index (χ4n) is 1.91. The van der Waals surface area contributed by atoms with Crippen LogP contribution in [0.4, 0.5) is 0 Å². The van der Waals surface area contributed by atoms with Gasteiger partial charge >= 0.3 is 0 Å². The Labute approximate surface area is 102 Å². The molecule has 98 valence electrons. The first-order valence-corrected chi connectivity index (χ1v) is 7.07. The van der Waals surface area contributed by atoms with Crippen LogP contribution in [0.5, 0.6) is 0 Å². The third-order valence-corrected chi connectivity index (χ3v) is 3.07. The summed E-state index contributed by atoms with van der Waals surface area (Å²) in [5.74, 6) is 0. The molecule has 1 unspecified atom stereocenters. The van der Waals surface area contributed by atoms with Crippen molar-refractivity contribution in [3.8, 4) is 0 Å². The van der Waals surface area contributed by atoms with Gasteiger partial charge in [0.1, 0.15) is 0 Å². The Balaban J connectivity index is 3.12. The van der Waals surface area contributed by atoms with Gasteiger partial charge < -0.3 is 10.1 Å². The molecular weight excluding hydrogens is 198 g/mol. The van der Waals surface area contributed by atoms with Gasteiger partial charge in [0, 0.05) is 13.2 Å². The Bertz CT molecular complexity index is 128. The summed E-state index contributed by atoms with van der Waals surface area (Å²) in [5, 5.41) is 3.55. The highest BCUT2D eigenvalue weighted by Gasteiger charge is 2.03. The van der Waals surface area contributed by atoms with Crippen LogP contribution in [0, 0.1) is 0 Å². The minimum atomic E-state index is 0.546. The van der Waals surface area contributed by atoms with Crippen LogP contribution in [0.25, 0.3) is 0 Å². The first kappa shape index (κ1) is 15.9. The zero-order valence-corrected chi connectivity index (χ0v) is 11.6. The van der Waals surface area contributed by atoms with Crippen LogP contribution in [0.2, 0.25) is 0 Å². The highest BCUT2D eigenvalue weighted by Crippen LogP contribution is 2.06. The number of ether oxygens (including phenoxy) is 1. The lowest BCUT2D eigenvalue weighted by Gasteiger charge is -2.15. The van der Waals surface area contributed by atoms with Gasteiger partial charge in [0.15, 0.2) is 0 Å². The van der Waals surface area contributed by atoms with E-state index >= 15 is 0 Å². The summed E-state index contributed by atoms with van der Waals surface area (Å²) in [6, 6.07) is 0.546. The minimum Gasteiger partial charge on any atom is -0.383 e. The molecule has 0 heterocycles. The molecule has 0 aliphatic rings. The van der Waals surface area contributed by atoms with Crippen LogP contribution in [0.1, 0.15) is 65.2 Å². The molecule has 0 radical (unpaired) electrons. The van der Waals surface area contributed by atoms with Gasteiger partial charge in [-0.2, -0.15) is 0 Å². The van der Waals surface area contributed by atoms with Crippen molar-refractivity contribution >= 4 is 0 Å². The normalized spacial score (nSPS) is 12.9. The smallest absolute Gasteiger partial charge is 0.0615 e. The fraction of sp³-hybridized carbons (Fsp3) is 1.00. The standard InChI is InChI=1S/C14H31NO/c1-4-6-7-8-9-10-11-12-15-14(5-2)13-16-3/h14-15H,4-13H2,1-3H3. The zero-order chi connectivity index (χ0) is 12.1. The maximum absolute atomic E-state index is 5.15. The number of unbranched alkanes of at least 4 members (excludes halogenated alkanes) is 6. The van der Waals surface area contributed by atoms with Crippen molar-refractivity contribution in [2.45, 2.75) is 71.3 Å². The molecule has 0 aromatic carbocycles. The highest BCUT2D eigenvalue weighted by atomic mass is 16.5. The molecule has 2 nitrogen and oxygen atoms in total. The third-order valence-electron chi connectivity index (χ3n) is 3.07. The monoisotopic (exact) mass is 229 g/mol. The fourth-order valence-corrected chi connectivity index (χ4v) is 1.91. The molecule has 0 fully saturated rings. The predicted molar refractivity (Wildman–Crippen MR) is 72.0 cm³/mol. The lowest BCUT2D eigenvalue weighted by molar-refractivity contribution is 0.164. The maximum Gasteiger partial charge on any atom is 0.0615 e. The molecule has 1 N–H and O–H groups in total. The molecule has 0 aromatic rings. The molecule has 1 atom stereocenters. The first-order valence-electron chi connectivity index (χ1n) is 7.07. The largest absolute Gasteiger partial charge is 0.383 e. The van der Waals surface area contributed by atoms with Crippen molar-refractivity contribution in [2.24, 2.45) is 0 Å². The van der Waals surface area contributed by atoms with E-state index in [1.54, 1.807) is 7.11 Å². The third kappa shape index (κ3) is 10.4. The van der Waals surface area contributed by atoms with Gasteiger partial charge in [-0.1, -0.05) is 52.4 Å². The second kappa shape index (κ2) is 13.0. The van der Waals surface area contributed by atoms with Gasteiger partial charge in [0.2, 0.25) is 0 Å². The van der Waals surface area contributed by atoms with E-state index in [9.17, 15) is 0 Å². The van der Waals surface area contributed by atoms with Crippen molar-refractivity contribution in [1.82, 2.24) is 5.32 Å². The summed E-state index contributed by atoms with van der Waals surface area (Å²) in [6.07, 6.45) is 10.8. The van der Waals surface area contributed by atoms with E-state index in [4.69, 9.17) is 4.74 Å². The quantitative estimate of drug-likeness (QED) is 0.515. The molecule has 0 aliphatic heterocycles. The summed E-state index contributed by atoms with van der Waals surface area (Å²) < 4.78 is 5.15. The summed E-state index contributed by atoms with van der Waals surface area (Å²) in [6.45, 7) is 6.47. The van der Waals surface area contributed by atoms with Crippen molar-refractivity contribution < 1.29 is 4.74 Å². The molecular formula is C14H31NO. The summed E-state index contributed by atoms with van der Waals surface area (Å²) >= 11 is 0. The van der Waals surface area contributed by atoms with E-state index in [0.29, 0.717) is 6.04 Å². The molecule has 2 heteroatoms. The lowest BCUT2D eigenvalue weighted by Crippen LogP contribution is -2.33. The molecule has 0 saturated carbocycles. The van der Waals surface area contributed by atoms with E-state index < -0.39 is 0 Å². The molecule has 16 heavy (non-hydrogen) atoms. The number of rotatable bonds is 12. The highest BCUT2D eigenvalue weighted by molar-refractivity contribution is 4.63. The average molecular weight is 229 g/mol. The second-order valence-electron chi connectivity index (χ2n) is 4.64. The van der Waals surface area contributed by atoms with Crippen LogP contribution in [0.3, 0.4) is 0 Å². The number of nitrogens with one attached hydrogen (secondary N) is 1. The Hall–Kier alpha value is -0.0800. The van der Waals surface area contributed by atoms with Gasteiger partial charge in [-0.15, -0.1) is 0 Å². The topological polar surface area (TPSA) is 21.3 Å². The molecule has 0 aromatic heterocycles. The van der Waals surface area contributed by atoms with Crippen LogP contribution in [-0.4, -0.2) is 26.3 Å². The first-order chi connectivity index (χ1) is 7.85. The van der Waals surface area contributed by atoms with Crippen LogP contribution in [-0.2, 0) is 4.74 Å². The summed E-state index contributed by atoms with van der Waals surface area (Å²) in [4.78, 5) is 0. The molecule has 0 spiro atoms. The molecule has 0 aliphatic carbocycles. The van der Waals surface area contributed by atoms with Crippen LogP contribution in [0.15, 0.2) is 0 Å². The van der Waals surface area contributed by atoms with Crippen LogP contribution >= 0.6 is 0 Å². The molecule has 0 bridgehead atoms. The van der Waals surface area contributed by atoms with E-state index in [-0.39, 0.29) is 0 Å². The lowest BCUT2D eigenvalue weighted by atomic mass is 10.1. The second-order valence-corrected chi connectivity index (χ2v) is 4.64. The Morgan fingerprint density at radius 2 is 1.56 bits per heavy atom. The van der Waals surface area contributed by atoms with Gasteiger partial charge in [0.05, 0.1) is 6.61 Å². The molecule has 0 saturated heterocycles. The molecule has 0 rings (SSSR count). The summed E-state index contributed by atoms with van der Waals surface area (Å²) in [5.41, 5.74) is 0. The van der Waals surface area contributed by atoms with Crippen LogP contribution < -0.4 is 5.32 Å². The van der Waals surface area contributed by atoms with Crippen molar-refractivity contribution in [2.75, 3.05) is 20.3 Å². The number of hydrogen-bond donors (Lipinski definition) is 1. The average Bonchev–Trinajstić information content (AvgIpc) is 2.31. The van der Waals surface area contributed by atoms with E-state index in [1.165, 1.54) is 44.9 Å². The SMILES string of the molecule is CCCCCCCCCNC(CC)COC. The van der Waals surface area contributed by atoms with E-state index in [2.05, 4.69) is 19.2 Å². The van der Waals surface area contributed by atoms with E-state index in [0.717, 1.165) is 19.6 Å². The zero-order valence-electron chi connectivity index (χ0n) is 11.6. The number of hydrogen-bond acceptors (Lipinski definition) is 2. The Morgan fingerprint density at radius 1 is 0.938 bits per heavy atom. The number of methoxy groups -OCH3 is 1. The molecule has 0 amide bonds. The van der Waals surface area contributed by atoms with Gasteiger partial charge in [-0.3, -0.25) is 0 Å². The summed E-state index contributed by atoms with van der Waals surface area (Å²) in [7, 11) is 1.78. The van der Waals surface area contributed by atoms with Gasteiger partial charge in [-0.05, 0) is 19.4 Å². The Morgan fingerprint density at radius 3 is 2.12 bits per heavy atom.